The van der Waals surface area contributed by atoms with Crippen LogP contribution in [0, 0.1) is 17.6 Å². The minimum Gasteiger partial charge on any atom is -0.408 e. The topological polar surface area (TPSA) is 121 Å². The lowest BCUT2D eigenvalue weighted by atomic mass is 10.0. The quantitative estimate of drug-likeness (QED) is 0.576. The fourth-order valence-corrected chi connectivity index (χ4v) is 5.48. The molecule has 5 rings (SSSR count). The Labute approximate surface area is 212 Å². The average molecular weight is 538 g/mol. The van der Waals surface area contributed by atoms with Crippen LogP contribution in [0.4, 0.5) is 24.1 Å². The van der Waals surface area contributed by atoms with Crippen LogP contribution < -0.4 is 14.2 Å². The molecule has 2 aromatic rings. The number of amides is 2. The van der Waals surface area contributed by atoms with Crippen LogP contribution >= 0.6 is 0 Å². The second kappa shape index (κ2) is 9.41. The van der Waals surface area contributed by atoms with Gasteiger partial charge in [-0.2, -0.15) is 12.7 Å². The molecule has 2 fully saturated rings. The van der Waals surface area contributed by atoms with E-state index >= 15 is 4.39 Å². The van der Waals surface area contributed by atoms with Crippen molar-refractivity contribution >= 4 is 28.1 Å². The molecule has 0 spiro atoms. The van der Waals surface area contributed by atoms with E-state index in [2.05, 4.69) is 4.98 Å². The zero-order chi connectivity index (χ0) is 26.5. The largest absolute Gasteiger partial charge is 0.416 e. The summed E-state index contributed by atoms with van der Waals surface area (Å²) in [6, 6.07) is 2.96. The lowest BCUT2D eigenvalue weighted by Gasteiger charge is -2.36. The molecule has 3 heterocycles. The van der Waals surface area contributed by atoms with Crippen LogP contribution in [0.25, 0.3) is 0 Å². The van der Waals surface area contributed by atoms with Crippen LogP contribution in [0.15, 0.2) is 24.4 Å². The van der Waals surface area contributed by atoms with Gasteiger partial charge in [0.1, 0.15) is 17.2 Å². The molecular formula is C23H25F2N5O6S. The second-order valence-corrected chi connectivity index (χ2v) is 11.0. The van der Waals surface area contributed by atoms with Crippen molar-refractivity contribution in [3.63, 3.8) is 0 Å². The van der Waals surface area contributed by atoms with Crippen molar-refractivity contribution < 1.29 is 36.3 Å². The summed E-state index contributed by atoms with van der Waals surface area (Å²) in [5.74, 6) is -1.92. The summed E-state index contributed by atoms with van der Waals surface area (Å²) in [4.78, 5) is 31.8. The molecule has 1 saturated heterocycles. The SMILES string of the molecule is CN(C)C(=O)Oc1cnc2c(c1)OC(=O)N(Cc1ccc(F)c(NS(=O)(=O)N3CCC3)c1F)[C@@H]2C1CC1. The number of nitrogens with zero attached hydrogens (tertiary/aromatic N) is 4. The van der Waals surface area contributed by atoms with E-state index < -0.39 is 45.8 Å². The van der Waals surface area contributed by atoms with Gasteiger partial charge in [-0.05, 0) is 31.2 Å². The van der Waals surface area contributed by atoms with Crippen molar-refractivity contribution in [3.05, 3.63) is 47.3 Å². The molecule has 1 aromatic carbocycles. The average Bonchev–Trinajstić information content (AvgIpc) is 3.62. The number of hydrogen-bond acceptors (Lipinski definition) is 7. The zero-order valence-corrected chi connectivity index (χ0v) is 20.9. The monoisotopic (exact) mass is 537 g/mol. The number of pyridine rings is 1. The van der Waals surface area contributed by atoms with Gasteiger partial charge in [0.25, 0.3) is 0 Å². The predicted octanol–water partition coefficient (Wildman–Crippen LogP) is 3.25. The lowest BCUT2D eigenvalue weighted by Crippen LogP contribution is -2.45. The first kappa shape index (κ1) is 25.1. The molecule has 3 aliphatic rings. The number of carbonyl (C=O) groups is 2. The standard InChI is InChI=1S/C23H25F2N5O6S/c1-28(2)22(31)35-15-10-17-20(26-11-15)21(13-4-5-13)30(23(32)36-17)12-14-6-7-16(24)19(18(14)25)27-37(33,34)29-8-3-9-29/h6-7,10-11,13,21,27H,3-5,8-9,12H2,1-2H3/t21-/m1/s1. The van der Waals surface area contributed by atoms with Gasteiger partial charge in [-0.15, -0.1) is 0 Å². The highest BCUT2D eigenvalue weighted by molar-refractivity contribution is 7.90. The normalized spacial score (nSPS) is 19.5. The number of benzene rings is 1. The van der Waals surface area contributed by atoms with Crippen molar-refractivity contribution in [3.8, 4) is 11.5 Å². The van der Waals surface area contributed by atoms with Crippen molar-refractivity contribution in [2.75, 3.05) is 31.9 Å². The minimum atomic E-state index is -4.11. The van der Waals surface area contributed by atoms with Crippen LogP contribution in [0.3, 0.4) is 0 Å². The lowest BCUT2D eigenvalue weighted by molar-refractivity contribution is 0.101. The van der Waals surface area contributed by atoms with Gasteiger partial charge in [-0.1, -0.05) is 6.07 Å². The Hall–Kier alpha value is -3.52. The van der Waals surface area contributed by atoms with Gasteiger partial charge in [-0.3, -0.25) is 14.6 Å². The molecule has 0 radical (unpaired) electrons. The Kier molecular flexibility index (Phi) is 6.40. The summed E-state index contributed by atoms with van der Waals surface area (Å²) in [5, 5.41) is 0. The molecule has 198 valence electrons. The third-order valence-electron chi connectivity index (χ3n) is 6.44. The molecule has 14 heteroatoms. The summed E-state index contributed by atoms with van der Waals surface area (Å²) >= 11 is 0. The number of hydrogen-bond donors (Lipinski definition) is 1. The molecule has 0 bridgehead atoms. The smallest absolute Gasteiger partial charge is 0.408 e. The third-order valence-corrected chi connectivity index (χ3v) is 7.95. The maximum atomic E-state index is 15.4. The number of ether oxygens (including phenoxy) is 2. The van der Waals surface area contributed by atoms with E-state index in [1.54, 1.807) is 0 Å². The van der Waals surface area contributed by atoms with Crippen LogP contribution in [0.5, 0.6) is 11.5 Å². The van der Waals surface area contributed by atoms with E-state index in [9.17, 15) is 22.4 Å². The first-order chi connectivity index (χ1) is 17.5. The van der Waals surface area contributed by atoms with E-state index in [0.29, 0.717) is 12.1 Å². The summed E-state index contributed by atoms with van der Waals surface area (Å²) < 4.78 is 68.4. The number of fused-ring (bicyclic) bond motifs is 1. The molecule has 1 saturated carbocycles. The number of halogens is 2. The molecule has 2 aliphatic heterocycles. The maximum absolute atomic E-state index is 15.4. The summed E-state index contributed by atoms with van der Waals surface area (Å²) in [6.45, 7) is 0.232. The predicted molar refractivity (Wildman–Crippen MR) is 126 cm³/mol. The van der Waals surface area contributed by atoms with Gasteiger partial charge in [-0.25, -0.2) is 18.4 Å². The molecule has 11 nitrogen and oxygen atoms in total. The third kappa shape index (κ3) is 4.90. The number of nitrogens with one attached hydrogen (secondary N) is 1. The van der Waals surface area contributed by atoms with Crippen LogP contribution in [-0.2, 0) is 16.8 Å². The summed E-state index contributed by atoms with van der Waals surface area (Å²) in [7, 11) is -1.07. The Morgan fingerprint density at radius 3 is 2.62 bits per heavy atom. The number of rotatable bonds is 7. The molecule has 2 amide bonds. The fraction of sp³-hybridized carbons (Fsp3) is 0.435. The molecule has 1 atom stereocenters. The highest BCUT2D eigenvalue weighted by Gasteiger charge is 2.45. The second-order valence-electron chi connectivity index (χ2n) is 9.35. The van der Waals surface area contributed by atoms with Gasteiger partial charge in [0, 0.05) is 38.8 Å². The van der Waals surface area contributed by atoms with Crippen LogP contribution in [-0.4, -0.2) is 66.9 Å². The summed E-state index contributed by atoms with van der Waals surface area (Å²) in [6.07, 6.45) is 2.21. The highest BCUT2D eigenvalue weighted by atomic mass is 32.2. The first-order valence-electron chi connectivity index (χ1n) is 11.7. The summed E-state index contributed by atoms with van der Waals surface area (Å²) in [5.41, 5.74) is -0.470. The van der Waals surface area contributed by atoms with Gasteiger partial charge < -0.3 is 14.4 Å². The molecule has 1 aliphatic carbocycles. The zero-order valence-electron chi connectivity index (χ0n) is 20.1. The Bertz CT molecular complexity index is 1360. The highest BCUT2D eigenvalue weighted by Crippen LogP contribution is 2.49. The Balaban J connectivity index is 1.42. The molecule has 1 aromatic heterocycles. The van der Waals surface area contributed by atoms with Crippen molar-refractivity contribution in [1.82, 2.24) is 19.1 Å². The number of carbonyl (C=O) groups excluding carboxylic acids is 2. The Morgan fingerprint density at radius 2 is 2.00 bits per heavy atom. The Morgan fingerprint density at radius 1 is 1.27 bits per heavy atom. The van der Waals surface area contributed by atoms with Gasteiger partial charge in [0.2, 0.25) is 0 Å². The van der Waals surface area contributed by atoms with Gasteiger partial charge >= 0.3 is 22.4 Å². The molecule has 0 unspecified atom stereocenters. The minimum absolute atomic E-state index is 0.0437. The van der Waals surface area contributed by atoms with E-state index in [-0.39, 0.29) is 42.6 Å². The van der Waals surface area contributed by atoms with E-state index in [0.717, 1.165) is 29.3 Å². The van der Waals surface area contributed by atoms with Gasteiger partial charge in [0.05, 0.1) is 18.8 Å². The maximum Gasteiger partial charge on any atom is 0.416 e. The van der Waals surface area contributed by atoms with E-state index in [1.807, 2.05) is 4.72 Å². The molecule has 37 heavy (non-hydrogen) atoms. The van der Waals surface area contributed by atoms with Crippen LogP contribution in [0.2, 0.25) is 0 Å². The number of aromatic nitrogens is 1. The van der Waals surface area contributed by atoms with E-state index in [1.165, 1.54) is 36.2 Å². The number of anilines is 1. The van der Waals surface area contributed by atoms with E-state index in [4.69, 9.17) is 9.47 Å². The van der Waals surface area contributed by atoms with Crippen molar-refractivity contribution in [1.29, 1.82) is 0 Å². The van der Waals surface area contributed by atoms with Gasteiger partial charge in [0.15, 0.2) is 17.3 Å². The van der Waals surface area contributed by atoms with Crippen LogP contribution in [0.1, 0.15) is 36.6 Å². The molecular weight excluding hydrogens is 512 g/mol. The van der Waals surface area contributed by atoms with Crippen molar-refractivity contribution in [2.24, 2.45) is 5.92 Å². The molecule has 1 N–H and O–H groups in total. The first-order valence-corrected chi connectivity index (χ1v) is 13.1. The van der Waals surface area contributed by atoms with Crippen molar-refractivity contribution in [2.45, 2.75) is 31.8 Å². The fourth-order valence-electron chi connectivity index (χ4n) is 4.17.